The third-order valence-electron chi connectivity index (χ3n) is 3.70. The van der Waals surface area contributed by atoms with Crippen LogP contribution < -0.4 is 0 Å². The highest BCUT2D eigenvalue weighted by molar-refractivity contribution is 6.65. The summed E-state index contributed by atoms with van der Waals surface area (Å²) in [5.41, 5.74) is -1.22. The first-order valence-electron chi connectivity index (χ1n) is 7.62. The molecule has 10 heteroatoms. The van der Waals surface area contributed by atoms with Gasteiger partial charge in [0.15, 0.2) is 5.83 Å². The number of likely N-dealkylation sites (N-methyl/N-ethyl adjacent to an activating group) is 2. The lowest BCUT2D eigenvalue weighted by Gasteiger charge is -2.30. The summed E-state index contributed by atoms with van der Waals surface area (Å²) in [4.78, 5) is 12.2. The maximum atomic E-state index is 14.1. The fourth-order valence-electron chi connectivity index (χ4n) is 1.86. The zero-order valence-corrected chi connectivity index (χ0v) is 15.1. The van der Waals surface area contributed by atoms with Crippen LogP contribution in [0.3, 0.4) is 0 Å². The fourth-order valence-corrected chi connectivity index (χ4v) is 1.86. The van der Waals surface area contributed by atoms with Crippen molar-refractivity contribution in [1.82, 2.24) is 9.80 Å². The van der Waals surface area contributed by atoms with Crippen LogP contribution in [0.4, 0.5) is 13.2 Å². The largest absolute Gasteiger partial charge is 0.372 e. The zero-order valence-electron chi connectivity index (χ0n) is 15.1. The van der Waals surface area contributed by atoms with Crippen molar-refractivity contribution < 1.29 is 18.1 Å². The lowest BCUT2D eigenvalue weighted by molar-refractivity contribution is -0.418. The van der Waals surface area contributed by atoms with E-state index in [0.29, 0.717) is 6.08 Å². The van der Waals surface area contributed by atoms with Gasteiger partial charge in [0.05, 0.1) is 22.4 Å². The lowest BCUT2D eigenvalue weighted by Crippen LogP contribution is -2.37. The van der Waals surface area contributed by atoms with Gasteiger partial charge < -0.3 is 9.80 Å². The standard InChI is InChI=1S/C16H22BF3N4O2/c1-12(24(25)26)9-15(18)13(2)22(5)7-8-23(6)14(3)16(19,20)10-17(4)11-21/h9H,1-3,7-8,10H2,4-6H3/b15-9+. The number of halogens is 3. The van der Waals surface area contributed by atoms with Crippen LogP contribution in [0, 0.1) is 21.3 Å². The van der Waals surface area contributed by atoms with Crippen LogP contribution in [0.25, 0.3) is 0 Å². The second-order valence-electron chi connectivity index (χ2n) is 5.92. The van der Waals surface area contributed by atoms with Crippen molar-refractivity contribution in [3.8, 4) is 5.97 Å². The van der Waals surface area contributed by atoms with Gasteiger partial charge in [-0.15, -0.1) is 0 Å². The lowest BCUT2D eigenvalue weighted by atomic mass is 9.50. The molecule has 0 saturated heterocycles. The van der Waals surface area contributed by atoms with Crippen LogP contribution in [0.1, 0.15) is 0 Å². The molecule has 0 bridgehead atoms. The number of hydrogen-bond acceptors (Lipinski definition) is 5. The molecule has 0 aliphatic carbocycles. The molecule has 6 nitrogen and oxygen atoms in total. The molecule has 0 fully saturated rings. The molecule has 0 aromatic carbocycles. The topological polar surface area (TPSA) is 73.4 Å². The van der Waals surface area contributed by atoms with E-state index in [9.17, 15) is 23.3 Å². The fraction of sp³-hybridized carbons (Fsp3) is 0.438. The Morgan fingerprint density at radius 2 is 1.81 bits per heavy atom. The van der Waals surface area contributed by atoms with Gasteiger partial charge in [0, 0.05) is 39.5 Å². The predicted octanol–water partition coefficient (Wildman–Crippen LogP) is 3.34. The minimum atomic E-state index is -3.24. The maximum absolute atomic E-state index is 14.1. The highest BCUT2D eigenvalue weighted by Crippen LogP contribution is 2.30. The number of hydrogen-bond donors (Lipinski definition) is 0. The molecule has 0 heterocycles. The summed E-state index contributed by atoms with van der Waals surface area (Å²) in [5, 5.41) is 19.1. The van der Waals surface area contributed by atoms with E-state index in [1.54, 1.807) is 5.97 Å². The van der Waals surface area contributed by atoms with E-state index in [2.05, 4.69) is 19.7 Å². The summed E-state index contributed by atoms with van der Waals surface area (Å²) >= 11 is 0. The van der Waals surface area contributed by atoms with Crippen LogP contribution in [0.2, 0.25) is 13.1 Å². The molecule has 0 unspecified atom stereocenters. The molecule has 0 rings (SSSR count). The average Bonchev–Trinajstić information content (AvgIpc) is 2.56. The van der Waals surface area contributed by atoms with Crippen LogP contribution in [-0.2, 0) is 0 Å². The first-order valence-corrected chi connectivity index (χ1v) is 7.62. The highest BCUT2D eigenvalue weighted by atomic mass is 19.3. The van der Waals surface area contributed by atoms with Crippen LogP contribution in [0.5, 0.6) is 0 Å². The summed E-state index contributed by atoms with van der Waals surface area (Å²) in [6.07, 6.45) is -0.00546. The van der Waals surface area contributed by atoms with Gasteiger partial charge in [0.1, 0.15) is 0 Å². The summed E-state index contributed by atoms with van der Waals surface area (Å²) in [6.45, 7) is 10.7. The van der Waals surface area contributed by atoms with Gasteiger partial charge in [0.2, 0.25) is 0 Å². The van der Waals surface area contributed by atoms with E-state index in [0.717, 1.165) is 0 Å². The Kier molecular flexibility index (Phi) is 8.70. The van der Waals surface area contributed by atoms with E-state index < -0.39 is 41.1 Å². The van der Waals surface area contributed by atoms with Crippen molar-refractivity contribution in [2.24, 2.45) is 0 Å². The summed E-state index contributed by atoms with van der Waals surface area (Å²) in [6, 6.07) is 0. The predicted molar refractivity (Wildman–Crippen MR) is 95.9 cm³/mol. The van der Waals surface area contributed by atoms with E-state index in [-0.39, 0.29) is 18.8 Å². The molecule has 0 radical (unpaired) electrons. The number of alkyl halides is 2. The summed E-state index contributed by atoms with van der Waals surface area (Å²) < 4.78 is 42.0. The Labute approximate surface area is 151 Å². The number of allylic oxidation sites excluding steroid dienone is 3. The van der Waals surface area contributed by atoms with E-state index in [4.69, 9.17) is 5.26 Å². The molecule has 0 aliphatic rings. The highest BCUT2D eigenvalue weighted by Gasteiger charge is 2.37. The van der Waals surface area contributed by atoms with Crippen LogP contribution in [-0.4, -0.2) is 54.5 Å². The van der Waals surface area contributed by atoms with Crippen molar-refractivity contribution in [2.75, 3.05) is 27.2 Å². The van der Waals surface area contributed by atoms with E-state index in [1.165, 1.54) is 30.7 Å². The Hall–Kier alpha value is -2.70. The molecule has 0 atom stereocenters. The van der Waals surface area contributed by atoms with Gasteiger partial charge in [-0.1, -0.05) is 20.0 Å². The molecule has 142 valence electrons. The minimum Gasteiger partial charge on any atom is -0.372 e. The van der Waals surface area contributed by atoms with Crippen molar-refractivity contribution >= 4 is 6.71 Å². The van der Waals surface area contributed by atoms with Gasteiger partial charge in [0.25, 0.3) is 18.3 Å². The molecule has 0 amide bonds. The molecule has 0 aromatic heterocycles. The molecule has 0 spiro atoms. The smallest absolute Gasteiger partial charge is 0.281 e. The van der Waals surface area contributed by atoms with Gasteiger partial charge in [-0.05, 0) is 6.58 Å². The number of rotatable bonds is 11. The average molecular weight is 370 g/mol. The number of nitrogens with zero attached hydrogens (tertiary/aromatic N) is 4. The molecular weight excluding hydrogens is 348 g/mol. The van der Waals surface area contributed by atoms with E-state index in [1.807, 2.05) is 0 Å². The molecule has 0 saturated carbocycles. The van der Waals surface area contributed by atoms with E-state index >= 15 is 0 Å². The van der Waals surface area contributed by atoms with Gasteiger partial charge in [-0.3, -0.25) is 10.1 Å². The maximum Gasteiger partial charge on any atom is 0.281 e. The van der Waals surface area contributed by atoms with Gasteiger partial charge in [-0.2, -0.15) is 0 Å². The first-order chi connectivity index (χ1) is 11.8. The monoisotopic (exact) mass is 370 g/mol. The van der Waals surface area contributed by atoms with Crippen molar-refractivity contribution in [2.45, 2.75) is 19.1 Å². The molecule has 0 aromatic rings. The van der Waals surface area contributed by atoms with Crippen LogP contribution >= 0.6 is 0 Å². The molecular formula is C16H22BF3N4O2. The first kappa shape index (κ1) is 23.3. The van der Waals surface area contributed by atoms with Crippen molar-refractivity contribution in [3.63, 3.8) is 0 Å². The minimum absolute atomic E-state index is 0.0777. The van der Waals surface area contributed by atoms with Crippen molar-refractivity contribution in [3.05, 3.63) is 58.8 Å². The normalized spacial score (nSPS) is 11.3. The third kappa shape index (κ3) is 7.05. The quantitative estimate of drug-likeness (QED) is 0.241. The third-order valence-corrected chi connectivity index (χ3v) is 3.70. The van der Waals surface area contributed by atoms with Crippen molar-refractivity contribution in [1.29, 1.82) is 5.26 Å². The summed E-state index contributed by atoms with van der Waals surface area (Å²) in [5.74, 6) is -2.43. The molecule has 26 heavy (non-hydrogen) atoms. The van der Waals surface area contributed by atoms with Gasteiger partial charge >= 0.3 is 0 Å². The zero-order chi connectivity index (χ0) is 20.7. The second-order valence-corrected chi connectivity index (χ2v) is 5.92. The second kappa shape index (κ2) is 9.70. The SMILES string of the molecule is C=C(/C(F)=C\C(=C)[N+](=O)[O-])N(C)CCN(C)C(=C)C(F)(F)CB(C)C#N. The number of nitriles is 1. The molecule has 0 N–H and O–H groups in total. The Bertz CT molecular complexity index is 658. The molecule has 0 aliphatic heterocycles. The number of nitro groups is 1. The van der Waals surface area contributed by atoms with Gasteiger partial charge in [-0.25, -0.2) is 18.4 Å². The van der Waals surface area contributed by atoms with Crippen LogP contribution in [0.15, 0.2) is 48.7 Å². The summed E-state index contributed by atoms with van der Waals surface area (Å²) in [7, 11) is 2.88. The Balaban J connectivity index is 4.80. The Morgan fingerprint density at radius 3 is 2.27 bits per heavy atom. The Morgan fingerprint density at radius 1 is 1.31 bits per heavy atom.